The Balaban J connectivity index is 2.62. The fourth-order valence-electron chi connectivity index (χ4n) is 1.61. The van der Waals surface area contributed by atoms with Crippen LogP contribution in [0.1, 0.15) is 16.8 Å². The van der Waals surface area contributed by atoms with Crippen LogP contribution < -0.4 is 5.73 Å². The van der Waals surface area contributed by atoms with Crippen molar-refractivity contribution < 1.29 is 0 Å². The number of nitrogens with one attached hydrogen (secondary N) is 1. The van der Waals surface area contributed by atoms with Gasteiger partial charge in [0.15, 0.2) is 0 Å². The van der Waals surface area contributed by atoms with E-state index in [9.17, 15) is 0 Å². The Morgan fingerprint density at radius 3 is 2.62 bits per heavy atom. The van der Waals surface area contributed by atoms with Crippen LogP contribution in [0.4, 0.5) is 0 Å². The first-order valence-corrected chi connectivity index (χ1v) is 5.05. The minimum atomic E-state index is 0.0585. The van der Waals surface area contributed by atoms with Crippen molar-refractivity contribution in [2.24, 2.45) is 5.73 Å². The topological polar surface area (TPSA) is 67.7 Å². The molecule has 1 aromatic heterocycles. The second-order valence-electron chi connectivity index (χ2n) is 3.84. The van der Waals surface area contributed by atoms with Gasteiger partial charge in [-0.3, -0.25) is 5.41 Å². The fraction of sp³-hybridized carbons (Fsp3) is 0.167. The third-order valence-corrected chi connectivity index (χ3v) is 2.41. The Kier molecular flexibility index (Phi) is 2.48. The van der Waals surface area contributed by atoms with Crippen molar-refractivity contribution in [3.05, 3.63) is 47.3 Å². The first-order valence-electron chi connectivity index (χ1n) is 5.05. The zero-order chi connectivity index (χ0) is 11.7. The van der Waals surface area contributed by atoms with Gasteiger partial charge < -0.3 is 5.73 Å². The molecule has 4 nitrogen and oxygen atoms in total. The van der Waals surface area contributed by atoms with Crippen molar-refractivity contribution in [1.29, 1.82) is 5.41 Å². The van der Waals surface area contributed by atoms with Crippen LogP contribution in [0.2, 0.25) is 0 Å². The lowest BCUT2D eigenvalue weighted by Gasteiger charge is -2.09. The van der Waals surface area contributed by atoms with Crippen molar-refractivity contribution in [2.75, 3.05) is 0 Å². The Morgan fingerprint density at radius 1 is 1.31 bits per heavy atom. The number of nitrogens with two attached hydrogens (primary N) is 1. The average molecular weight is 214 g/mol. The van der Waals surface area contributed by atoms with Crippen LogP contribution in [0.15, 0.2) is 30.5 Å². The normalized spacial score (nSPS) is 10.4. The molecule has 0 aliphatic heterocycles. The summed E-state index contributed by atoms with van der Waals surface area (Å²) in [6, 6.07) is 7.69. The van der Waals surface area contributed by atoms with Crippen molar-refractivity contribution in [1.82, 2.24) is 9.78 Å². The van der Waals surface area contributed by atoms with Crippen molar-refractivity contribution in [3.8, 4) is 5.69 Å². The highest BCUT2D eigenvalue weighted by molar-refractivity contribution is 5.98. The summed E-state index contributed by atoms with van der Waals surface area (Å²) in [4.78, 5) is 0. The predicted molar refractivity (Wildman–Crippen MR) is 64.1 cm³/mol. The summed E-state index contributed by atoms with van der Waals surface area (Å²) >= 11 is 0. The van der Waals surface area contributed by atoms with E-state index in [1.54, 1.807) is 4.68 Å². The van der Waals surface area contributed by atoms with Crippen LogP contribution in [0.3, 0.4) is 0 Å². The first kappa shape index (κ1) is 10.4. The number of nitrogens with zero attached hydrogens (tertiary/aromatic N) is 2. The van der Waals surface area contributed by atoms with E-state index in [4.69, 9.17) is 11.1 Å². The van der Waals surface area contributed by atoms with E-state index in [2.05, 4.69) is 5.10 Å². The van der Waals surface area contributed by atoms with Gasteiger partial charge in [-0.1, -0.05) is 6.07 Å². The summed E-state index contributed by atoms with van der Waals surface area (Å²) < 4.78 is 1.75. The predicted octanol–water partition coefficient (Wildman–Crippen LogP) is 1.77. The molecule has 2 aromatic rings. The number of amidine groups is 1. The van der Waals surface area contributed by atoms with Gasteiger partial charge in [0.05, 0.1) is 11.4 Å². The number of rotatable bonds is 2. The lowest BCUT2D eigenvalue weighted by atomic mass is 10.1. The molecular weight excluding hydrogens is 200 g/mol. The molecule has 0 aliphatic carbocycles. The quantitative estimate of drug-likeness (QED) is 0.591. The summed E-state index contributed by atoms with van der Waals surface area (Å²) in [5.74, 6) is 0.0585. The molecule has 0 aliphatic rings. The largest absolute Gasteiger partial charge is 0.384 e. The first-order chi connectivity index (χ1) is 7.58. The van der Waals surface area contributed by atoms with Crippen molar-refractivity contribution in [2.45, 2.75) is 13.8 Å². The zero-order valence-corrected chi connectivity index (χ0v) is 9.36. The number of nitrogen functional groups attached to an aromatic ring is 1. The molecule has 0 spiro atoms. The van der Waals surface area contributed by atoms with Gasteiger partial charge in [-0.15, -0.1) is 0 Å². The van der Waals surface area contributed by atoms with Gasteiger partial charge in [-0.25, -0.2) is 4.68 Å². The van der Waals surface area contributed by atoms with Gasteiger partial charge in [0.2, 0.25) is 0 Å². The molecule has 0 bridgehead atoms. The van der Waals surface area contributed by atoms with E-state index in [1.807, 2.05) is 44.3 Å². The minimum absolute atomic E-state index is 0.0585. The molecule has 0 atom stereocenters. The molecule has 0 radical (unpaired) electrons. The summed E-state index contributed by atoms with van der Waals surface area (Å²) in [6.45, 7) is 3.93. The molecule has 1 aromatic carbocycles. The number of benzene rings is 1. The molecule has 1 heterocycles. The average Bonchev–Trinajstić information content (AvgIpc) is 2.64. The molecule has 0 saturated carbocycles. The number of aryl methyl sites for hydroxylation is 2. The molecule has 82 valence electrons. The van der Waals surface area contributed by atoms with E-state index in [-0.39, 0.29) is 5.84 Å². The third-order valence-electron chi connectivity index (χ3n) is 2.41. The van der Waals surface area contributed by atoms with Crippen LogP contribution in [-0.2, 0) is 0 Å². The molecule has 2 rings (SSSR count). The molecule has 0 amide bonds. The molecule has 3 N–H and O–H groups in total. The molecule has 16 heavy (non-hydrogen) atoms. The fourth-order valence-corrected chi connectivity index (χ4v) is 1.61. The highest BCUT2D eigenvalue weighted by atomic mass is 15.3. The Labute approximate surface area is 94.2 Å². The molecule has 0 saturated heterocycles. The van der Waals surface area contributed by atoms with Crippen LogP contribution in [-0.4, -0.2) is 15.6 Å². The summed E-state index contributed by atoms with van der Waals surface area (Å²) in [7, 11) is 0. The maximum atomic E-state index is 7.54. The maximum absolute atomic E-state index is 7.54. The smallest absolute Gasteiger partial charge is 0.124 e. The van der Waals surface area contributed by atoms with Crippen molar-refractivity contribution >= 4 is 5.84 Å². The molecule has 0 fully saturated rings. The Morgan fingerprint density at radius 2 is 2.06 bits per heavy atom. The van der Waals surface area contributed by atoms with Gasteiger partial charge in [0.25, 0.3) is 0 Å². The van der Waals surface area contributed by atoms with E-state index in [0.717, 1.165) is 16.9 Å². The Hall–Kier alpha value is -2.10. The van der Waals surface area contributed by atoms with Crippen LogP contribution in [0, 0.1) is 19.3 Å². The van der Waals surface area contributed by atoms with Crippen LogP contribution in [0.25, 0.3) is 5.69 Å². The third kappa shape index (κ3) is 1.82. The SMILES string of the molecule is Cc1ccc(C(=N)N)c(-n2ccc(C)n2)c1. The highest BCUT2D eigenvalue weighted by Crippen LogP contribution is 2.15. The van der Waals surface area contributed by atoms with Gasteiger partial charge >= 0.3 is 0 Å². The lowest BCUT2D eigenvalue weighted by Crippen LogP contribution is -2.15. The van der Waals surface area contributed by atoms with Crippen LogP contribution >= 0.6 is 0 Å². The monoisotopic (exact) mass is 214 g/mol. The number of aromatic nitrogens is 2. The lowest BCUT2D eigenvalue weighted by molar-refractivity contribution is 0.859. The second kappa shape index (κ2) is 3.81. The number of hydrogen-bond donors (Lipinski definition) is 2. The highest BCUT2D eigenvalue weighted by Gasteiger charge is 2.08. The Bertz CT molecular complexity index is 540. The minimum Gasteiger partial charge on any atom is -0.384 e. The van der Waals surface area contributed by atoms with E-state index < -0.39 is 0 Å². The van der Waals surface area contributed by atoms with Crippen molar-refractivity contribution in [3.63, 3.8) is 0 Å². The van der Waals surface area contributed by atoms with Gasteiger partial charge in [0.1, 0.15) is 5.84 Å². The van der Waals surface area contributed by atoms with Gasteiger partial charge in [-0.2, -0.15) is 5.10 Å². The maximum Gasteiger partial charge on any atom is 0.124 e. The van der Waals surface area contributed by atoms with Gasteiger partial charge in [0, 0.05) is 11.8 Å². The summed E-state index contributed by atoms with van der Waals surface area (Å²) in [5.41, 5.74) is 9.16. The van der Waals surface area contributed by atoms with E-state index in [1.165, 1.54) is 0 Å². The molecule has 4 heteroatoms. The zero-order valence-electron chi connectivity index (χ0n) is 9.36. The standard InChI is InChI=1S/C12H14N4/c1-8-3-4-10(12(13)14)11(7-8)16-6-5-9(2)15-16/h3-7H,1-2H3,(H3,13,14). The summed E-state index contributed by atoms with van der Waals surface area (Å²) in [6.07, 6.45) is 1.87. The van der Waals surface area contributed by atoms with Gasteiger partial charge in [-0.05, 0) is 37.6 Å². The van der Waals surface area contributed by atoms with E-state index >= 15 is 0 Å². The van der Waals surface area contributed by atoms with Crippen LogP contribution in [0.5, 0.6) is 0 Å². The molecule has 0 unspecified atom stereocenters. The summed E-state index contributed by atoms with van der Waals surface area (Å²) in [5, 5.41) is 11.9. The number of hydrogen-bond acceptors (Lipinski definition) is 2. The second-order valence-corrected chi connectivity index (χ2v) is 3.84. The molecular formula is C12H14N4. The van der Waals surface area contributed by atoms with E-state index in [0.29, 0.717) is 5.56 Å².